The maximum atomic E-state index is 5.45. The lowest BCUT2D eigenvalue weighted by Gasteiger charge is -2.30. The molecule has 1 unspecified atom stereocenters. The first-order chi connectivity index (χ1) is 12.6. The van der Waals surface area contributed by atoms with Gasteiger partial charge in [-0.2, -0.15) is 0 Å². The van der Waals surface area contributed by atoms with Crippen LogP contribution in [0.4, 0.5) is 0 Å². The van der Waals surface area contributed by atoms with Crippen LogP contribution in [-0.4, -0.2) is 63.1 Å². The lowest BCUT2D eigenvalue weighted by Crippen LogP contribution is -2.39. The zero-order valence-corrected chi connectivity index (χ0v) is 19.7. The van der Waals surface area contributed by atoms with E-state index in [0.29, 0.717) is 0 Å². The Balaban J connectivity index is 0.00000364. The second-order valence-electron chi connectivity index (χ2n) is 7.40. The highest BCUT2D eigenvalue weighted by Crippen LogP contribution is 2.18. The van der Waals surface area contributed by atoms with E-state index in [0.717, 1.165) is 30.7 Å². The van der Waals surface area contributed by atoms with E-state index in [1.807, 2.05) is 25.2 Å². The van der Waals surface area contributed by atoms with Crippen LogP contribution in [-0.2, 0) is 6.54 Å². The molecule has 1 aliphatic heterocycles. The molecule has 0 aliphatic carbocycles. The van der Waals surface area contributed by atoms with Crippen molar-refractivity contribution in [2.75, 3.05) is 47.4 Å². The summed E-state index contributed by atoms with van der Waals surface area (Å²) in [6.07, 6.45) is 5.17. The fourth-order valence-corrected chi connectivity index (χ4v) is 3.70. The van der Waals surface area contributed by atoms with Gasteiger partial charge in [0.15, 0.2) is 5.96 Å². The molecule has 1 aromatic rings. The summed E-state index contributed by atoms with van der Waals surface area (Å²) >= 11 is 0. The van der Waals surface area contributed by atoms with Gasteiger partial charge < -0.3 is 19.9 Å². The molecule has 0 aromatic heterocycles. The standard InChI is InChI=1S/C21H36N4O.HI/c1-18-10-9-15-25(16-18)14-8-7-13-23-21(22-2)24(3)17-19-11-5-6-12-20(19)26-4;/h5-6,11-12,18H,7-10,13-17H2,1-4H3,(H,22,23);1H. The highest BCUT2D eigenvalue weighted by atomic mass is 127. The van der Waals surface area contributed by atoms with Crippen LogP contribution in [0.15, 0.2) is 29.3 Å². The van der Waals surface area contributed by atoms with Crippen LogP contribution in [0.3, 0.4) is 0 Å². The SMILES string of the molecule is CN=C(NCCCCN1CCCC(C)C1)N(C)Cc1ccccc1OC.I. The van der Waals surface area contributed by atoms with Crippen molar-refractivity contribution in [1.82, 2.24) is 15.1 Å². The molecule has 1 aromatic carbocycles. The molecule has 0 bridgehead atoms. The van der Waals surface area contributed by atoms with Gasteiger partial charge in [0.2, 0.25) is 0 Å². The molecule has 6 heteroatoms. The lowest BCUT2D eigenvalue weighted by atomic mass is 10.0. The van der Waals surface area contributed by atoms with Crippen molar-refractivity contribution in [3.8, 4) is 5.75 Å². The summed E-state index contributed by atoms with van der Waals surface area (Å²) in [5, 5.41) is 3.49. The zero-order chi connectivity index (χ0) is 18.8. The van der Waals surface area contributed by atoms with E-state index < -0.39 is 0 Å². The van der Waals surface area contributed by atoms with Gasteiger partial charge in [-0.1, -0.05) is 25.1 Å². The molecule has 1 aliphatic rings. The van der Waals surface area contributed by atoms with Gasteiger partial charge in [0.05, 0.1) is 7.11 Å². The van der Waals surface area contributed by atoms with Crippen molar-refractivity contribution < 1.29 is 4.74 Å². The fourth-order valence-electron chi connectivity index (χ4n) is 3.70. The van der Waals surface area contributed by atoms with Crippen LogP contribution in [0, 0.1) is 5.92 Å². The number of para-hydroxylation sites is 1. The third-order valence-electron chi connectivity index (χ3n) is 5.10. The Kier molecular flexibility index (Phi) is 11.7. The van der Waals surface area contributed by atoms with E-state index >= 15 is 0 Å². The molecule has 0 saturated carbocycles. The van der Waals surface area contributed by atoms with Crippen LogP contribution < -0.4 is 10.1 Å². The van der Waals surface area contributed by atoms with Crippen LogP contribution >= 0.6 is 24.0 Å². The van der Waals surface area contributed by atoms with Crippen molar-refractivity contribution in [2.24, 2.45) is 10.9 Å². The minimum atomic E-state index is 0. The number of hydrogen-bond donors (Lipinski definition) is 1. The van der Waals surface area contributed by atoms with Gasteiger partial charge >= 0.3 is 0 Å². The van der Waals surface area contributed by atoms with E-state index in [4.69, 9.17) is 4.74 Å². The summed E-state index contributed by atoms with van der Waals surface area (Å²) in [6, 6.07) is 8.14. The minimum Gasteiger partial charge on any atom is -0.496 e. The van der Waals surface area contributed by atoms with Gasteiger partial charge in [-0.05, 0) is 50.8 Å². The molecule has 0 spiro atoms. The summed E-state index contributed by atoms with van der Waals surface area (Å²) in [4.78, 5) is 9.18. The maximum Gasteiger partial charge on any atom is 0.193 e. The molecule has 0 radical (unpaired) electrons. The maximum absolute atomic E-state index is 5.45. The number of hydrogen-bond acceptors (Lipinski definition) is 3. The number of piperidine rings is 1. The second-order valence-corrected chi connectivity index (χ2v) is 7.40. The van der Waals surface area contributed by atoms with Crippen LogP contribution in [0.5, 0.6) is 5.75 Å². The van der Waals surface area contributed by atoms with Crippen molar-refractivity contribution in [3.63, 3.8) is 0 Å². The highest BCUT2D eigenvalue weighted by molar-refractivity contribution is 14.0. The molecule has 1 atom stereocenters. The third kappa shape index (κ3) is 8.25. The quantitative estimate of drug-likeness (QED) is 0.261. The zero-order valence-electron chi connectivity index (χ0n) is 17.4. The summed E-state index contributed by atoms with van der Waals surface area (Å²) in [6.45, 7) is 7.89. The summed E-state index contributed by atoms with van der Waals surface area (Å²) in [5.41, 5.74) is 1.17. The minimum absolute atomic E-state index is 0. The first-order valence-corrected chi connectivity index (χ1v) is 9.90. The number of benzene rings is 1. The van der Waals surface area contributed by atoms with Crippen molar-refractivity contribution in [2.45, 2.75) is 39.2 Å². The number of aliphatic imine (C=N–C) groups is 1. The van der Waals surface area contributed by atoms with Gasteiger partial charge in [0.25, 0.3) is 0 Å². The average molecular weight is 488 g/mol. The monoisotopic (exact) mass is 488 g/mol. The second kappa shape index (κ2) is 13.2. The fraction of sp³-hybridized carbons (Fsp3) is 0.667. The molecule has 0 amide bonds. The summed E-state index contributed by atoms with van der Waals surface area (Å²) in [7, 11) is 5.63. The van der Waals surface area contributed by atoms with E-state index in [-0.39, 0.29) is 24.0 Å². The smallest absolute Gasteiger partial charge is 0.193 e. The number of halogens is 1. The molecule has 1 heterocycles. The molecule has 1 saturated heterocycles. The van der Waals surface area contributed by atoms with Crippen LogP contribution in [0.1, 0.15) is 38.2 Å². The molecule has 1 fully saturated rings. The molecule has 27 heavy (non-hydrogen) atoms. The van der Waals surface area contributed by atoms with Crippen molar-refractivity contribution in [1.29, 1.82) is 0 Å². The van der Waals surface area contributed by atoms with Crippen molar-refractivity contribution in [3.05, 3.63) is 29.8 Å². The molecule has 1 N–H and O–H groups in total. The van der Waals surface area contributed by atoms with Crippen LogP contribution in [0.25, 0.3) is 0 Å². The third-order valence-corrected chi connectivity index (χ3v) is 5.10. The molecule has 154 valence electrons. The Hall–Kier alpha value is -1.02. The Bertz CT molecular complexity index is 567. The molecule has 5 nitrogen and oxygen atoms in total. The number of nitrogens with zero attached hydrogens (tertiary/aromatic N) is 3. The Morgan fingerprint density at radius 3 is 2.81 bits per heavy atom. The molecule has 2 rings (SSSR count). The van der Waals surface area contributed by atoms with Gasteiger partial charge in [-0.25, -0.2) is 0 Å². The molecular formula is C21H37IN4O. The number of nitrogens with one attached hydrogen (secondary N) is 1. The first-order valence-electron chi connectivity index (χ1n) is 9.90. The number of methoxy groups -OCH3 is 1. The predicted molar refractivity (Wildman–Crippen MR) is 125 cm³/mol. The Labute approximate surface area is 182 Å². The van der Waals surface area contributed by atoms with Gasteiger partial charge in [0, 0.05) is 39.3 Å². The van der Waals surface area contributed by atoms with E-state index in [1.165, 1.54) is 50.9 Å². The number of ether oxygens (including phenoxy) is 1. The van der Waals surface area contributed by atoms with Gasteiger partial charge in [0.1, 0.15) is 5.75 Å². The van der Waals surface area contributed by atoms with E-state index in [1.54, 1.807) is 7.11 Å². The lowest BCUT2D eigenvalue weighted by molar-refractivity contribution is 0.181. The first kappa shape index (κ1) is 24.0. The van der Waals surface area contributed by atoms with Gasteiger partial charge in [-0.3, -0.25) is 4.99 Å². The van der Waals surface area contributed by atoms with Gasteiger partial charge in [-0.15, -0.1) is 24.0 Å². The Morgan fingerprint density at radius 2 is 2.11 bits per heavy atom. The predicted octanol–water partition coefficient (Wildman–Crippen LogP) is 3.83. The average Bonchev–Trinajstić information content (AvgIpc) is 2.65. The number of likely N-dealkylation sites (tertiary alicyclic amines) is 1. The Morgan fingerprint density at radius 1 is 1.33 bits per heavy atom. The summed E-state index contributed by atoms with van der Waals surface area (Å²) < 4.78 is 5.45. The van der Waals surface area contributed by atoms with E-state index in [2.05, 4.69) is 40.1 Å². The number of unbranched alkanes of at least 4 members (excludes halogenated alkanes) is 1. The number of guanidine groups is 1. The van der Waals surface area contributed by atoms with Crippen molar-refractivity contribution >= 4 is 29.9 Å². The highest BCUT2D eigenvalue weighted by Gasteiger charge is 2.15. The van der Waals surface area contributed by atoms with E-state index in [9.17, 15) is 0 Å². The van der Waals surface area contributed by atoms with Crippen LogP contribution in [0.2, 0.25) is 0 Å². The summed E-state index contributed by atoms with van der Waals surface area (Å²) in [5.74, 6) is 2.72. The molecular weight excluding hydrogens is 451 g/mol. The largest absolute Gasteiger partial charge is 0.496 e. The normalized spacial score (nSPS) is 17.9. The number of rotatable bonds is 8. The topological polar surface area (TPSA) is 40.1 Å².